The average Bonchev–Trinajstić information content (AvgIpc) is 3.42. The topological polar surface area (TPSA) is 145 Å². The van der Waals surface area contributed by atoms with Crippen LogP contribution in [0.1, 0.15) is 6.42 Å². The third-order valence-electron chi connectivity index (χ3n) is 5.89. The predicted octanol–water partition coefficient (Wildman–Crippen LogP) is 0.892. The maximum atomic E-state index is 12.6. The average molecular weight is 429 g/mol. The summed E-state index contributed by atoms with van der Waals surface area (Å²) in [6.45, 7) is -1.31. The normalized spacial score (nSPS) is 25.5. The van der Waals surface area contributed by atoms with Gasteiger partial charge in [-0.25, -0.2) is 0 Å². The number of benzene rings is 1. The van der Waals surface area contributed by atoms with Gasteiger partial charge in [0.25, 0.3) is 11.6 Å². The van der Waals surface area contributed by atoms with Crippen molar-refractivity contribution in [3.8, 4) is 5.75 Å². The number of esters is 1. The van der Waals surface area contributed by atoms with E-state index >= 15 is 0 Å². The maximum absolute atomic E-state index is 12.6. The second-order valence-electron chi connectivity index (χ2n) is 7.61. The predicted molar refractivity (Wildman–Crippen MR) is 104 cm³/mol. The van der Waals surface area contributed by atoms with Crippen molar-refractivity contribution in [3.05, 3.63) is 40.5 Å². The maximum Gasteiger partial charge on any atom is 0.326 e. The molecule has 162 valence electrons. The van der Waals surface area contributed by atoms with E-state index in [2.05, 4.69) is 5.32 Å². The van der Waals surface area contributed by atoms with Gasteiger partial charge in [-0.05, 0) is 24.3 Å². The van der Waals surface area contributed by atoms with Gasteiger partial charge in [-0.15, -0.1) is 0 Å². The van der Waals surface area contributed by atoms with Gasteiger partial charge >= 0.3 is 5.97 Å². The van der Waals surface area contributed by atoms with E-state index in [0.29, 0.717) is 0 Å². The second-order valence-corrected chi connectivity index (χ2v) is 7.61. The number of methoxy groups -OCH3 is 1. The van der Waals surface area contributed by atoms with Crippen LogP contribution in [-0.4, -0.2) is 53.8 Å². The van der Waals surface area contributed by atoms with Crippen LogP contribution < -0.4 is 10.1 Å². The quantitative estimate of drug-likeness (QED) is 0.221. The molecule has 3 amide bonds. The summed E-state index contributed by atoms with van der Waals surface area (Å²) in [6, 6.07) is 3.80. The number of anilines is 1. The molecule has 11 heteroatoms. The van der Waals surface area contributed by atoms with Crippen molar-refractivity contribution >= 4 is 35.1 Å². The minimum absolute atomic E-state index is 0.0249. The second kappa shape index (κ2) is 7.82. The van der Waals surface area contributed by atoms with Crippen LogP contribution in [0.15, 0.2) is 30.4 Å². The number of carbonyl (C=O) groups excluding carboxylic acids is 4. The zero-order valence-corrected chi connectivity index (χ0v) is 16.5. The number of nitro groups is 1. The summed E-state index contributed by atoms with van der Waals surface area (Å²) in [5, 5.41) is 13.4. The first kappa shape index (κ1) is 20.5. The molecule has 1 saturated carbocycles. The fourth-order valence-electron chi connectivity index (χ4n) is 4.53. The Kier molecular flexibility index (Phi) is 5.17. The Morgan fingerprint density at radius 2 is 1.84 bits per heavy atom. The fraction of sp³-hybridized carbons (Fsp3) is 0.400. The van der Waals surface area contributed by atoms with Gasteiger partial charge < -0.3 is 14.8 Å². The Labute approximate surface area is 176 Å². The summed E-state index contributed by atoms with van der Waals surface area (Å²) in [4.78, 5) is 60.7. The first-order chi connectivity index (χ1) is 14.8. The number of allylic oxidation sites excluding steroid dienone is 2. The van der Waals surface area contributed by atoms with E-state index in [4.69, 9.17) is 9.47 Å². The lowest BCUT2D eigenvalue weighted by atomic mass is 9.85. The minimum Gasteiger partial charge on any atom is -0.497 e. The number of ether oxygens (including phenoxy) is 2. The van der Waals surface area contributed by atoms with E-state index in [1.165, 1.54) is 25.3 Å². The van der Waals surface area contributed by atoms with Gasteiger partial charge in [0.1, 0.15) is 18.0 Å². The number of nitro benzene ring substituents is 1. The Morgan fingerprint density at radius 1 is 1.19 bits per heavy atom. The van der Waals surface area contributed by atoms with Crippen molar-refractivity contribution in [3.63, 3.8) is 0 Å². The SMILES string of the molecule is COc1ccc([N+](=O)[O-])c(NC(=O)COC(=O)CN2C(=O)[C@H]3[C@H](C2=O)[C@H]2C=C[C@H]3C2)c1. The van der Waals surface area contributed by atoms with E-state index < -0.39 is 41.8 Å². The molecule has 1 saturated heterocycles. The summed E-state index contributed by atoms with van der Waals surface area (Å²) in [7, 11) is 1.37. The summed E-state index contributed by atoms with van der Waals surface area (Å²) in [5.41, 5.74) is -0.477. The van der Waals surface area contributed by atoms with Crippen molar-refractivity contribution in [2.24, 2.45) is 23.7 Å². The number of imide groups is 1. The highest BCUT2D eigenvalue weighted by atomic mass is 16.6. The molecule has 0 radical (unpaired) electrons. The van der Waals surface area contributed by atoms with Crippen LogP contribution in [0.4, 0.5) is 11.4 Å². The number of nitrogens with zero attached hydrogens (tertiary/aromatic N) is 2. The molecule has 4 atom stereocenters. The molecule has 1 aliphatic heterocycles. The molecule has 0 aromatic heterocycles. The van der Waals surface area contributed by atoms with Gasteiger partial charge in [0.2, 0.25) is 11.8 Å². The zero-order chi connectivity index (χ0) is 22.3. The highest BCUT2D eigenvalue weighted by Gasteiger charge is 2.59. The van der Waals surface area contributed by atoms with E-state index in [1.54, 1.807) is 0 Å². The number of likely N-dealkylation sites (tertiary alicyclic amines) is 1. The fourth-order valence-corrected chi connectivity index (χ4v) is 4.53. The number of fused-ring (bicyclic) bond motifs is 5. The largest absolute Gasteiger partial charge is 0.497 e. The molecular weight excluding hydrogens is 410 g/mol. The monoisotopic (exact) mass is 429 g/mol. The molecular formula is C20H19N3O8. The third-order valence-corrected chi connectivity index (χ3v) is 5.89. The summed E-state index contributed by atoms with van der Waals surface area (Å²) >= 11 is 0. The van der Waals surface area contributed by atoms with Gasteiger partial charge in [0, 0.05) is 12.1 Å². The first-order valence-corrected chi connectivity index (χ1v) is 9.61. The number of nitrogens with one attached hydrogen (secondary N) is 1. The lowest BCUT2D eigenvalue weighted by Crippen LogP contribution is -2.38. The Morgan fingerprint density at radius 3 is 2.42 bits per heavy atom. The summed E-state index contributed by atoms with van der Waals surface area (Å²) in [5.74, 6) is -3.02. The van der Waals surface area contributed by atoms with Crippen molar-refractivity contribution in [1.82, 2.24) is 4.90 Å². The molecule has 1 aromatic rings. The van der Waals surface area contributed by atoms with Crippen LogP contribution >= 0.6 is 0 Å². The molecule has 2 bridgehead atoms. The lowest BCUT2D eigenvalue weighted by molar-refractivity contribution is -0.383. The molecule has 1 heterocycles. The van der Waals surface area contributed by atoms with Gasteiger partial charge in [-0.3, -0.25) is 34.2 Å². The Balaban J connectivity index is 1.33. The zero-order valence-electron chi connectivity index (χ0n) is 16.5. The number of hydrogen-bond donors (Lipinski definition) is 1. The van der Waals surface area contributed by atoms with Crippen molar-refractivity contribution in [2.75, 3.05) is 25.6 Å². The molecule has 11 nitrogen and oxygen atoms in total. The van der Waals surface area contributed by atoms with E-state index in [9.17, 15) is 29.3 Å². The van der Waals surface area contributed by atoms with Crippen LogP contribution in [0.25, 0.3) is 0 Å². The first-order valence-electron chi connectivity index (χ1n) is 9.61. The van der Waals surface area contributed by atoms with Gasteiger partial charge in [0.05, 0.1) is 23.9 Å². The number of carbonyl (C=O) groups is 4. The standard InChI is InChI=1S/C20H19N3O8/c1-30-12-4-5-14(23(28)29)13(7-12)21-15(24)9-31-16(25)8-22-19(26)17-10-2-3-11(6-10)18(17)20(22)27/h2-5,7,10-11,17-18H,6,8-9H2,1H3,(H,21,24)/t10-,11-,17+,18+/m0/s1. The van der Waals surface area contributed by atoms with Crippen LogP contribution in [0, 0.1) is 33.8 Å². The number of rotatable bonds is 7. The van der Waals surface area contributed by atoms with Crippen LogP contribution in [0.3, 0.4) is 0 Å². The van der Waals surface area contributed by atoms with Crippen LogP contribution in [-0.2, 0) is 23.9 Å². The lowest BCUT2D eigenvalue weighted by Gasteiger charge is -2.16. The molecule has 0 spiro atoms. The van der Waals surface area contributed by atoms with E-state index in [0.717, 1.165) is 11.3 Å². The smallest absolute Gasteiger partial charge is 0.326 e. The number of amides is 3. The van der Waals surface area contributed by atoms with Gasteiger partial charge in [0.15, 0.2) is 6.61 Å². The molecule has 31 heavy (non-hydrogen) atoms. The number of hydrogen-bond acceptors (Lipinski definition) is 8. The van der Waals surface area contributed by atoms with Crippen LogP contribution in [0.2, 0.25) is 0 Å². The molecule has 3 aliphatic rings. The summed E-state index contributed by atoms with van der Waals surface area (Å²) in [6.07, 6.45) is 4.67. The van der Waals surface area contributed by atoms with Crippen LogP contribution in [0.5, 0.6) is 5.75 Å². The van der Waals surface area contributed by atoms with E-state index in [-0.39, 0.29) is 40.8 Å². The summed E-state index contributed by atoms with van der Waals surface area (Å²) < 4.78 is 9.85. The molecule has 0 unspecified atom stereocenters. The molecule has 1 N–H and O–H groups in total. The van der Waals surface area contributed by atoms with Crippen molar-refractivity contribution < 1.29 is 33.6 Å². The molecule has 4 rings (SSSR count). The molecule has 2 aliphatic carbocycles. The highest BCUT2D eigenvalue weighted by Crippen LogP contribution is 2.52. The molecule has 1 aromatic carbocycles. The van der Waals surface area contributed by atoms with E-state index in [1.807, 2.05) is 12.2 Å². The van der Waals surface area contributed by atoms with Gasteiger partial charge in [-0.2, -0.15) is 0 Å². The van der Waals surface area contributed by atoms with Gasteiger partial charge in [-0.1, -0.05) is 12.2 Å². The highest BCUT2D eigenvalue weighted by molar-refractivity contribution is 6.08. The Hall–Kier alpha value is -3.76. The van der Waals surface area contributed by atoms with Crippen molar-refractivity contribution in [2.45, 2.75) is 6.42 Å². The molecule has 2 fully saturated rings. The Bertz CT molecular complexity index is 990. The minimum atomic E-state index is -0.919. The van der Waals surface area contributed by atoms with Crippen molar-refractivity contribution in [1.29, 1.82) is 0 Å². The third kappa shape index (κ3) is 3.62.